The zero-order valence-corrected chi connectivity index (χ0v) is 12.1. The first-order valence-electron chi connectivity index (χ1n) is 7.16. The first-order valence-corrected chi connectivity index (χ1v) is 7.16. The van der Waals surface area contributed by atoms with Crippen molar-refractivity contribution in [1.82, 2.24) is 0 Å². The molecule has 3 aromatic rings. The van der Waals surface area contributed by atoms with Crippen LogP contribution in [0.4, 0.5) is 0 Å². The van der Waals surface area contributed by atoms with Crippen LogP contribution in [-0.4, -0.2) is 5.11 Å². The van der Waals surface area contributed by atoms with Crippen LogP contribution in [0.2, 0.25) is 0 Å². The fourth-order valence-electron chi connectivity index (χ4n) is 2.64. The predicted molar refractivity (Wildman–Crippen MR) is 87.5 cm³/mol. The minimum atomic E-state index is 0.368. The van der Waals surface area contributed by atoms with Gasteiger partial charge >= 0.3 is 0 Å². The fraction of sp³-hybridized carbons (Fsp3) is 0.100. The molecule has 1 N–H and O–H groups in total. The second kappa shape index (κ2) is 5.84. The Balaban J connectivity index is 0.000000143. The number of hydrogen-bond donors (Lipinski definition) is 1. The maximum absolute atomic E-state index is 8.92. The van der Waals surface area contributed by atoms with Gasteiger partial charge in [-0.2, -0.15) is 0 Å². The first-order chi connectivity index (χ1) is 10.3. The van der Waals surface area contributed by atoms with E-state index in [1.54, 1.807) is 6.07 Å². The molecule has 1 heteroatoms. The molecular formula is C20H18O. The van der Waals surface area contributed by atoms with Gasteiger partial charge in [0.15, 0.2) is 0 Å². The highest BCUT2D eigenvalue weighted by molar-refractivity contribution is 5.76. The van der Waals surface area contributed by atoms with Gasteiger partial charge in [0.05, 0.1) is 0 Å². The molecule has 0 heterocycles. The van der Waals surface area contributed by atoms with Gasteiger partial charge in [-0.1, -0.05) is 66.7 Å². The highest BCUT2D eigenvalue weighted by Crippen LogP contribution is 2.35. The van der Waals surface area contributed by atoms with Crippen LogP contribution < -0.4 is 0 Å². The summed E-state index contributed by atoms with van der Waals surface area (Å²) in [6.45, 7) is 1.87. The number of rotatable bonds is 0. The third kappa shape index (κ3) is 2.82. The molecule has 1 aliphatic carbocycles. The highest BCUT2D eigenvalue weighted by atomic mass is 16.3. The zero-order valence-electron chi connectivity index (χ0n) is 12.1. The van der Waals surface area contributed by atoms with E-state index in [1.807, 2.05) is 25.1 Å². The van der Waals surface area contributed by atoms with Gasteiger partial charge in [0.25, 0.3) is 0 Å². The number of benzene rings is 3. The zero-order chi connectivity index (χ0) is 14.7. The smallest absolute Gasteiger partial charge is 0.118 e. The number of para-hydroxylation sites is 1. The van der Waals surface area contributed by atoms with E-state index in [9.17, 15) is 0 Å². The van der Waals surface area contributed by atoms with Crippen LogP contribution >= 0.6 is 0 Å². The van der Waals surface area contributed by atoms with Crippen molar-refractivity contribution in [3.63, 3.8) is 0 Å². The van der Waals surface area contributed by atoms with Crippen molar-refractivity contribution in [2.24, 2.45) is 0 Å². The monoisotopic (exact) mass is 274 g/mol. The molecule has 0 amide bonds. The van der Waals surface area contributed by atoms with Crippen LogP contribution in [0.15, 0.2) is 72.8 Å². The summed E-state index contributed by atoms with van der Waals surface area (Å²) in [6, 6.07) is 24.6. The Hall–Kier alpha value is -2.54. The number of phenolic OH excluding ortho intramolecular Hbond substituents is 1. The number of aromatic hydroxyl groups is 1. The van der Waals surface area contributed by atoms with E-state index in [-0.39, 0.29) is 0 Å². The molecule has 0 aromatic heterocycles. The van der Waals surface area contributed by atoms with Gasteiger partial charge in [-0.25, -0.2) is 0 Å². The average Bonchev–Trinajstić information content (AvgIpc) is 2.90. The van der Waals surface area contributed by atoms with E-state index in [4.69, 9.17) is 5.11 Å². The topological polar surface area (TPSA) is 20.2 Å². The predicted octanol–water partition coefficient (Wildman–Crippen LogP) is 4.96. The lowest BCUT2D eigenvalue weighted by atomic mass is 10.1. The molecule has 4 rings (SSSR count). The quantitative estimate of drug-likeness (QED) is 0.480. The molecule has 0 aliphatic heterocycles. The molecule has 0 unspecified atom stereocenters. The number of fused-ring (bicyclic) bond motifs is 3. The Morgan fingerprint density at radius 3 is 1.62 bits per heavy atom. The van der Waals surface area contributed by atoms with Crippen molar-refractivity contribution in [2.75, 3.05) is 0 Å². The standard InChI is InChI=1S/C13H10.C7H8O/c1-3-7-12-10(5-1)9-11-6-2-4-8-13(11)12;1-6-4-2-3-5-7(6)8/h1-8H,9H2;2-5,8H,1H3. The fourth-order valence-corrected chi connectivity index (χ4v) is 2.64. The van der Waals surface area contributed by atoms with Crippen LogP contribution in [0.1, 0.15) is 16.7 Å². The van der Waals surface area contributed by atoms with E-state index in [0.29, 0.717) is 5.75 Å². The van der Waals surface area contributed by atoms with Crippen molar-refractivity contribution < 1.29 is 5.11 Å². The lowest BCUT2D eigenvalue weighted by Crippen LogP contribution is -1.77. The summed E-state index contributed by atoms with van der Waals surface area (Å²) in [6.07, 6.45) is 1.10. The molecule has 0 bridgehead atoms. The summed E-state index contributed by atoms with van der Waals surface area (Å²) < 4.78 is 0. The summed E-state index contributed by atoms with van der Waals surface area (Å²) in [4.78, 5) is 0. The Labute approximate surface area is 125 Å². The summed E-state index contributed by atoms with van der Waals surface area (Å²) in [5, 5.41) is 8.92. The molecule has 1 aliphatic rings. The molecule has 0 saturated carbocycles. The van der Waals surface area contributed by atoms with Crippen LogP contribution in [0, 0.1) is 6.92 Å². The van der Waals surface area contributed by atoms with E-state index in [0.717, 1.165) is 12.0 Å². The molecular weight excluding hydrogens is 256 g/mol. The maximum atomic E-state index is 8.92. The van der Waals surface area contributed by atoms with Gasteiger partial charge < -0.3 is 5.11 Å². The minimum Gasteiger partial charge on any atom is -0.508 e. The average molecular weight is 274 g/mol. The molecule has 1 nitrogen and oxygen atoms in total. The number of aryl methyl sites for hydroxylation is 1. The van der Waals surface area contributed by atoms with Gasteiger partial charge in [0.1, 0.15) is 5.75 Å². The Morgan fingerprint density at radius 1 is 0.667 bits per heavy atom. The van der Waals surface area contributed by atoms with Crippen molar-refractivity contribution in [2.45, 2.75) is 13.3 Å². The van der Waals surface area contributed by atoms with Crippen molar-refractivity contribution >= 4 is 0 Å². The number of phenols is 1. The van der Waals surface area contributed by atoms with E-state index < -0.39 is 0 Å². The summed E-state index contributed by atoms with van der Waals surface area (Å²) in [5.41, 5.74) is 6.68. The van der Waals surface area contributed by atoms with Gasteiger partial charge in [-0.15, -0.1) is 0 Å². The molecule has 0 fully saturated rings. The van der Waals surface area contributed by atoms with Crippen LogP contribution in [0.5, 0.6) is 5.75 Å². The van der Waals surface area contributed by atoms with Crippen LogP contribution in [0.25, 0.3) is 11.1 Å². The molecule has 104 valence electrons. The van der Waals surface area contributed by atoms with Crippen LogP contribution in [-0.2, 0) is 6.42 Å². The van der Waals surface area contributed by atoms with Crippen LogP contribution in [0.3, 0.4) is 0 Å². The molecule has 3 aromatic carbocycles. The lowest BCUT2D eigenvalue weighted by Gasteiger charge is -1.98. The van der Waals surface area contributed by atoms with Crippen molar-refractivity contribution in [3.05, 3.63) is 89.5 Å². The van der Waals surface area contributed by atoms with E-state index >= 15 is 0 Å². The SMILES string of the molecule is Cc1ccccc1O.c1ccc2c(c1)Cc1ccccc1-2. The minimum absolute atomic E-state index is 0.368. The second-order valence-corrected chi connectivity index (χ2v) is 5.28. The normalized spacial score (nSPS) is 11.1. The van der Waals surface area contributed by atoms with Gasteiger partial charge in [0, 0.05) is 0 Å². The van der Waals surface area contributed by atoms with Crippen molar-refractivity contribution in [1.29, 1.82) is 0 Å². The molecule has 0 radical (unpaired) electrons. The molecule has 0 saturated heterocycles. The van der Waals surface area contributed by atoms with Gasteiger partial charge in [-0.05, 0) is 47.2 Å². The van der Waals surface area contributed by atoms with Gasteiger partial charge in [-0.3, -0.25) is 0 Å². The Bertz CT molecular complexity index is 695. The van der Waals surface area contributed by atoms with E-state index in [2.05, 4.69) is 48.5 Å². The highest BCUT2D eigenvalue weighted by Gasteiger charge is 2.15. The third-order valence-electron chi connectivity index (χ3n) is 3.82. The summed E-state index contributed by atoms with van der Waals surface area (Å²) in [7, 11) is 0. The van der Waals surface area contributed by atoms with Gasteiger partial charge in [0.2, 0.25) is 0 Å². The summed E-state index contributed by atoms with van der Waals surface area (Å²) in [5.74, 6) is 0.368. The Morgan fingerprint density at radius 2 is 1.14 bits per heavy atom. The van der Waals surface area contributed by atoms with E-state index in [1.165, 1.54) is 22.3 Å². The largest absolute Gasteiger partial charge is 0.508 e. The second-order valence-electron chi connectivity index (χ2n) is 5.28. The third-order valence-corrected chi connectivity index (χ3v) is 3.82. The molecule has 0 atom stereocenters. The molecule has 0 spiro atoms. The lowest BCUT2D eigenvalue weighted by molar-refractivity contribution is 0.471. The van der Waals surface area contributed by atoms with Crippen molar-refractivity contribution in [3.8, 4) is 16.9 Å². The molecule has 21 heavy (non-hydrogen) atoms. The first kappa shape index (κ1) is 13.4. The summed E-state index contributed by atoms with van der Waals surface area (Å²) >= 11 is 0. The number of hydrogen-bond acceptors (Lipinski definition) is 1. The maximum Gasteiger partial charge on any atom is 0.118 e. The Kier molecular flexibility index (Phi) is 3.74.